The van der Waals surface area contributed by atoms with Crippen LogP contribution in [-0.4, -0.2) is 17.2 Å². The second-order valence-electron chi connectivity index (χ2n) is 16.8. The van der Waals surface area contributed by atoms with Crippen LogP contribution in [0.1, 0.15) is 25.0 Å². The standard InChI is InChI=1S/C57H42N2Si/c1-57(2)50-29-15-12-25-44(50)47-37-38-49-46-27-14-17-31-52(46)59(56(49)54(47)57)40-33-35-43(36-34-40)60(41-21-8-4-9-22-41,42-23-10-5-11-24-42)53-32-18-28-48-45-26-13-16-30-51(45)58(55(48)53)39-19-6-3-7-20-39/h3-38H,1-2H3. The third-order valence-corrected chi connectivity index (χ3v) is 18.2. The third-order valence-electron chi connectivity index (χ3n) is 13.4. The molecule has 3 heteroatoms. The van der Waals surface area contributed by atoms with Crippen molar-refractivity contribution in [2.24, 2.45) is 0 Å². The van der Waals surface area contributed by atoms with E-state index in [1.807, 2.05) is 0 Å². The van der Waals surface area contributed by atoms with Crippen LogP contribution in [0, 0.1) is 0 Å². The highest BCUT2D eigenvalue weighted by Gasteiger charge is 2.44. The molecule has 0 fully saturated rings. The van der Waals surface area contributed by atoms with Crippen molar-refractivity contribution < 1.29 is 0 Å². The molecule has 0 amide bonds. The second-order valence-corrected chi connectivity index (χ2v) is 20.6. The summed E-state index contributed by atoms with van der Waals surface area (Å²) in [5.74, 6) is 0. The van der Waals surface area contributed by atoms with Crippen molar-refractivity contribution in [3.63, 3.8) is 0 Å². The van der Waals surface area contributed by atoms with Gasteiger partial charge in [-0.25, -0.2) is 0 Å². The Kier molecular flexibility index (Phi) is 7.63. The van der Waals surface area contributed by atoms with Gasteiger partial charge in [0.15, 0.2) is 8.07 Å². The van der Waals surface area contributed by atoms with Crippen LogP contribution in [0.5, 0.6) is 0 Å². The highest BCUT2D eigenvalue weighted by molar-refractivity contribution is 7.20. The van der Waals surface area contributed by atoms with E-state index >= 15 is 0 Å². The average molecular weight is 783 g/mol. The Morgan fingerprint density at radius 3 is 1.48 bits per heavy atom. The topological polar surface area (TPSA) is 9.86 Å². The van der Waals surface area contributed by atoms with Gasteiger partial charge in [0.25, 0.3) is 0 Å². The minimum Gasteiger partial charge on any atom is -0.309 e. The van der Waals surface area contributed by atoms with Gasteiger partial charge in [-0.15, -0.1) is 0 Å². The Hall–Kier alpha value is -7.20. The van der Waals surface area contributed by atoms with Gasteiger partial charge in [-0.1, -0.05) is 196 Å². The predicted octanol–water partition coefficient (Wildman–Crippen LogP) is 11.6. The Balaban J connectivity index is 1.17. The summed E-state index contributed by atoms with van der Waals surface area (Å²) in [5, 5.41) is 10.6. The molecule has 12 rings (SSSR count). The molecule has 60 heavy (non-hydrogen) atoms. The summed E-state index contributed by atoms with van der Waals surface area (Å²) in [6.07, 6.45) is 0. The van der Waals surface area contributed by atoms with Gasteiger partial charge in [0.1, 0.15) is 0 Å². The fourth-order valence-electron chi connectivity index (χ4n) is 11.0. The number of rotatable bonds is 6. The smallest absolute Gasteiger partial charge is 0.181 e. The summed E-state index contributed by atoms with van der Waals surface area (Å²) >= 11 is 0. The molecule has 9 aromatic carbocycles. The molecule has 2 heterocycles. The molecule has 1 aliphatic carbocycles. The van der Waals surface area contributed by atoms with E-state index in [0.29, 0.717) is 0 Å². The van der Waals surface area contributed by atoms with Crippen molar-refractivity contribution in [1.29, 1.82) is 0 Å². The normalized spacial score (nSPS) is 13.3. The Morgan fingerprint density at radius 2 is 0.833 bits per heavy atom. The Bertz CT molecular complexity index is 3390. The van der Waals surface area contributed by atoms with Crippen LogP contribution >= 0.6 is 0 Å². The second kappa shape index (κ2) is 13.2. The molecule has 11 aromatic rings. The first-order valence-electron chi connectivity index (χ1n) is 21.0. The first kappa shape index (κ1) is 34.8. The Labute approximate surface area is 351 Å². The molecule has 2 nitrogen and oxygen atoms in total. The zero-order chi connectivity index (χ0) is 40.0. The van der Waals surface area contributed by atoms with E-state index in [1.54, 1.807) is 0 Å². The van der Waals surface area contributed by atoms with Crippen molar-refractivity contribution in [2.75, 3.05) is 0 Å². The summed E-state index contributed by atoms with van der Waals surface area (Å²) in [6, 6.07) is 81.9. The molecule has 0 radical (unpaired) electrons. The maximum absolute atomic E-state index is 3.02. The van der Waals surface area contributed by atoms with Gasteiger partial charge in [-0.2, -0.15) is 0 Å². The molecule has 0 atom stereocenters. The first-order valence-corrected chi connectivity index (χ1v) is 23.0. The highest BCUT2D eigenvalue weighted by atomic mass is 28.3. The lowest BCUT2D eigenvalue weighted by atomic mass is 9.81. The Morgan fingerprint density at radius 1 is 0.350 bits per heavy atom. The van der Waals surface area contributed by atoms with Crippen LogP contribution in [0.2, 0.25) is 0 Å². The molecule has 0 saturated heterocycles. The summed E-state index contributed by atoms with van der Waals surface area (Å²) in [4.78, 5) is 0. The van der Waals surface area contributed by atoms with E-state index < -0.39 is 8.07 Å². The van der Waals surface area contributed by atoms with Crippen LogP contribution in [-0.2, 0) is 5.41 Å². The minimum absolute atomic E-state index is 0.157. The number of hydrogen-bond donors (Lipinski definition) is 0. The lowest BCUT2D eigenvalue weighted by Crippen LogP contribution is -2.75. The number of nitrogens with zero attached hydrogens (tertiary/aromatic N) is 2. The summed E-state index contributed by atoms with van der Waals surface area (Å²) in [6.45, 7) is 4.80. The molecule has 0 aliphatic heterocycles. The van der Waals surface area contributed by atoms with Crippen molar-refractivity contribution in [2.45, 2.75) is 19.3 Å². The van der Waals surface area contributed by atoms with E-state index in [1.165, 1.54) is 98.0 Å². The van der Waals surface area contributed by atoms with Gasteiger partial charge in [-0.05, 0) is 79.4 Å². The molecular weight excluding hydrogens is 741 g/mol. The zero-order valence-corrected chi connectivity index (χ0v) is 34.7. The van der Waals surface area contributed by atoms with Crippen molar-refractivity contribution in [3.8, 4) is 22.5 Å². The zero-order valence-electron chi connectivity index (χ0n) is 33.7. The van der Waals surface area contributed by atoms with Crippen LogP contribution in [0.15, 0.2) is 218 Å². The lowest BCUT2D eigenvalue weighted by Gasteiger charge is -2.35. The monoisotopic (exact) mass is 782 g/mol. The largest absolute Gasteiger partial charge is 0.309 e. The van der Waals surface area contributed by atoms with Gasteiger partial charge in [0.05, 0.1) is 22.1 Å². The molecule has 2 aromatic heterocycles. The summed E-state index contributed by atoms with van der Waals surface area (Å²) < 4.78 is 5.06. The fourth-order valence-corrected chi connectivity index (χ4v) is 15.9. The van der Waals surface area contributed by atoms with E-state index in [4.69, 9.17) is 0 Å². The molecule has 1 aliphatic rings. The predicted molar refractivity (Wildman–Crippen MR) is 256 cm³/mol. The maximum atomic E-state index is 2.54. The van der Waals surface area contributed by atoms with Crippen molar-refractivity contribution >= 4 is 72.4 Å². The van der Waals surface area contributed by atoms with Gasteiger partial charge in [0, 0.05) is 38.3 Å². The van der Waals surface area contributed by atoms with E-state index in [0.717, 1.165) is 0 Å². The number of aromatic nitrogens is 2. The van der Waals surface area contributed by atoms with Gasteiger partial charge < -0.3 is 9.13 Å². The van der Waals surface area contributed by atoms with E-state index in [9.17, 15) is 0 Å². The number of fused-ring (bicyclic) bond motifs is 10. The SMILES string of the molecule is CC1(C)c2ccccc2-c2ccc3c4ccccc4n(-c4ccc([Si](c5ccccc5)(c5ccccc5)c5cccc6c7ccccc7n(-c7ccccc7)c56)cc4)c3c21. The van der Waals surface area contributed by atoms with Gasteiger partial charge in [-0.3, -0.25) is 0 Å². The lowest BCUT2D eigenvalue weighted by molar-refractivity contribution is 0.664. The van der Waals surface area contributed by atoms with Crippen LogP contribution in [0.25, 0.3) is 66.1 Å². The number of hydrogen-bond acceptors (Lipinski definition) is 0. The summed E-state index contributed by atoms with van der Waals surface area (Å²) in [5.41, 5.74) is 12.7. The van der Waals surface area contributed by atoms with Gasteiger partial charge in [0.2, 0.25) is 0 Å². The molecule has 0 unspecified atom stereocenters. The first-order chi connectivity index (χ1) is 29.6. The molecule has 0 saturated carbocycles. The molecule has 284 valence electrons. The van der Waals surface area contributed by atoms with Crippen LogP contribution in [0.3, 0.4) is 0 Å². The fraction of sp³-hybridized carbons (Fsp3) is 0.0526. The summed E-state index contributed by atoms with van der Waals surface area (Å²) in [7, 11) is -3.02. The average Bonchev–Trinajstić information content (AvgIpc) is 3.91. The molecule has 0 spiro atoms. The highest BCUT2D eigenvalue weighted by Crippen LogP contribution is 2.52. The van der Waals surface area contributed by atoms with E-state index in [-0.39, 0.29) is 5.41 Å². The molecule has 0 bridgehead atoms. The van der Waals surface area contributed by atoms with Crippen molar-refractivity contribution in [3.05, 3.63) is 230 Å². The van der Waals surface area contributed by atoms with Crippen LogP contribution < -0.4 is 20.7 Å². The molecular formula is C57H42N2Si. The third kappa shape index (κ3) is 4.75. The van der Waals surface area contributed by atoms with Crippen molar-refractivity contribution in [1.82, 2.24) is 9.13 Å². The number of para-hydroxylation sites is 4. The quantitative estimate of drug-likeness (QED) is 0.117. The van der Waals surface area contributed by atoms with Gasteiger partial charge >= 0.3 is 0 Å². The molecule has 0 N–H and O–H groups in total. The van der Waals surface area contributed by atoms with E-state index in [2.05, 4.69) is 241 Å². The maximum Gasteiger partial charge on any atom is 0.181 e. The minimum atomic E-state index is -3.02. The number of benzene rings is 9. The van der Waals surface area contributed by atoms with Crippen LogP contribution in [0.4, 0.5) is 0 Å².